The van der Waals surface area contributed by atoms with E-state index in [-0.39, 0.29) is 12.1 Å². The van der Waals surface area contributed by atoms with Gasteiger partial charge in [0.15, 0.2) is 0 Å². The summed E-state index contributed by atoms with van der Waals surface area (Å²) in [5.41, 5.74) is 0. The molecule has 82 valence electrons. The van der Waals surface area contributed by atoms with E-state index in [0.717, 1.165) is 6.54 Å². The van der Waals surface area contributed by atoms with E-state index >= 15 is 0 Å². The third-order valence-corrected chi connectivity index (χ3v) is 1.57. The van der Waals surface area contributed by atoms with Gasteiger partial charge in [-0.05, 0) is 20.4 Å². The average Bonchev–Trinajstić information content (AvgIpc) is 2.15. The van der Waals surface area contributed by atoms with Crippen molar-refractivity contribution in [3.8, 4) is 6.07 Å². The number of rotatable bonds is 8. The molecule has 0 saturated carbocycles. The molecule has 0 radical (unpaired) electrons. The Balaban J connectivity index is 3.30. The van der Waals surface area contributed by atoms with Crippen LogP contribution in [0.3, 0.4) is 0 Å². The van der Waals surface area contributed by atoms with Crippen LogP contribution >= 0.6 is 0 Å². The molecule has 0 aromatic carbocycles. The fraction of sp³-hybridized carbons (Fsp3) is 0.900. The number of nitrogens with one attached hydrogen (secondary N) is 1. The van der Waals surface area contributed by atoms with Crippen molar-refractivity contribution in [3.05, 3.63) is 0 Å². The van der Waals surface area contributed by atoms with Crippen LogP contribution < -0.4 is 5.32 Å². The maximum atomic E-state index is 8.68. The molecule has 14 heavy (non-hydrogen) atoms. The maximum Gasteiger partial charge on any atom is 0.119 e. The van der Waals surface area contributed by atoms with Gasteiger partial charge in [0.1, 0.15) is 6.04 Å². The number of ether oxygens (including phenoxy) is 2. The number of hydrogen-bond donors (Lipinski definition) is 1. The summed E-state index contributed by atoms with van der Waals surface area (Å²) in [6.07, 6.45) is 0.235. The highest BCUT2D eigenvalue weighted by Gasteiger charge is 2.04. The Morgan fingerprint density at radius 3 is 2.57 bits per heavy atom. The van der Waals surface area contributed by atoms with Gasteiger partial charge in [0.25, 0.3) is 0 Å². The molecule has 0 bridgehead atoms. The molecular weight excluding hydrogens is 180 g/mol. The Bertz CT molecular complexity index is 166. The van der Waals surface area contributed by atoms with Crippen molar-refractivity contribution in [1.29, 1.82) is 5.26 Å². The summed E-state index contributed by atoms with van der Waals surface area (Å²) in [5, 5.41) is 11.7. The van der Waals surface area contributed by atoms with Gasteiger partial charge in [0.2, 0.25) is 0 Å². The Morgan fingerprint density at radius 2 is 2.07 bits per heavy atom. The first-order chi connectivity index (χ1) is 6.70. The minimum Gasteiger partial charge on any atom is -0.376 e. The van der Waals surface area contributed by atoms with Gasteiger partial charge in [-0.3, -0.25) is 0 Å². The van der Waals surface area contributed by atoms with E-state index in [1.54, 1.807) is 0 Å². The van der Waals surface area contributed by atoms with Crippen LogP contribution in [0.2, 0.25) is 0 Å². The first kappa shape index (κ1) is 13.4. The fourth-order valence-corrected chi connectivity index (χ4v) is 0.932. The van der Waals surface area contributed by atoms with Crippen molar-refractivity contribution >= 4 is 0 Å². The number of nitriles is 1. The topological polar surface area (TPSA) is 54.3 Å². The van der Waals surface area contributed by atoms with Crippen LogP contribution in [0.1, 0.15) is 20.8 Å². The van der Waals surface area contributed by atoms with Crippen LogP contribution in [0.15, 0.2) is 0 Å². The van der Waals surface area contributed by atoms with Crippen molar-refractivity contribution in [2.75, 3.05) is 26.4 Å². The Labute approximate surface area is 86.2 Å². The van der Waals surface area contributed by atoms with E-state index in [9.17, 15) is 0 Å². The Hall–Kier alpha value is -0.630. The van der Waals surface area contributed by atoms with Gasteiger partial charge in [-0.2, -0.15) is 5.26 Å². The van der Waals surface area contributed by atoms with Gasteiger partial charge in [-0.15, -0.1) is 0 Å². The molecule has 0 rings (SSSR count). The third-order valence-electron chi connectivity index (χ3n) is 1.57. The molecule has 1 N–H and O–H groups in total. The van der Waals surface area contributed by atoms with Crippen molar-refractivity contribution in [2.45, 2.75) is 32.9 Å². The quantitative estimate of drug-likeness (QED) is 0.592. The average molecular weight is 200 g/mol. The number of hydrogen-bond acceptors (Lipinski definition) is 4. The summed E-state index contributed by atoms with van der Waals surface area (Å²) in [6, 6.07) is 1.92. The summed E-state index contributed by atoms with van der Waals surface area (Å²) in [7, 11) is 0. The second-order valence-corrected chi connectivity index (χ2v) is 3.23. The van der Waals surface area contributed by atoms with Gasteiger partial charge in [-0.1, -0.05) is 6.92 Å². The molecule has 0 heterocycles. The van der Waals surface area contributed by atoms with E-state index in [1.165, 1.54) is 0 Å². The standard InChI is InChI=1S/C10H20N2O2/c1-4-12-10(7-11)8-13-5-6-14-9(2)3/h9-10,12H,4-6,8H2,1-3H3. The zero-order chi connectivity index (χ0) is 10.8. The van der Waals surface area contributed by atoms with E-state index in [4.69, 9.17) is 14.7 Å². The maximum absolute atomic E-state index is 8.68. The van der Waals surface area contributed by atoms with E-state index in [1.807, 2.05) is 20.8 Å². The van der Waals surface area contributed by atoms with Gasteiger partial charge in [-0.25, -0.2) is 0 Å². The van der Waals surface area contributed by atoms with Crippen LogP contribution in [-0.4, -0.2) is 38.5 Å². The fourth-order valence-electron chi connectivity index (χ4n) is 0.932. The first-order valence-electron chi connectivity index (χ1n) is 5.03. The second-order valence-electron chi connectivity index (χ2n) is 3.23. The molecule has 0 spiro atoms. The summed E-state index contributed by atoms with van der Waals surface area (Å²) in [6.45, 7) is 8.26. The lowest BCUT2D eigenvalue weighted by molar-refractivity contribution is 0.0171. The lowest BCUT2D eigenvalue weighted by Gasteiger charge is -2.11. The molecule has 0 aromatic rings. The summed E-state index contributed by atoms with van der Waals surface area (Å²) in [5.74, 6) is 0. The highest BCUT2D eigenvalue weighted by molar-refractivity contribution is 4.88. The van der Waals surface area contributed by atoms with Gasteiger partial charge >= 0.3 is 0 Å². The molecule has 0 fully saturated rings. The van der Waals surface area contributed by atoms with Gasteiger partial charge < -0.3 is 14.8 Å². The Kier molecular flexibility index (Phi) is 8.54. The third kappa shape index (κ3) is 7.99. The van der Waals surface area contributed by atoms with Crippen LogP contribution in [-0.2, 0) is 9.47 Å². The molecule has 1 unspecified atom stereocenters. The van der Waals surface area contributed by atoms with Crippen LogP contribution in [0.5, 0.6) is 0 Å². The van der Waals surface area contributed by atoms with Crippen LogP contribution in [0.25, 0.3) is 0 Å². The monoisotopic (exact) mass is 200 g/mol. The van der Waals surface area contributed by atoms with E-state index < -0.39 is 0 Å². The number of nitrogens with zero attached hydrogens (tertiary/aromatic N) is 1. The van der Waals surface area contributed by atoms with Gasteiger partial charge in [0, 0.05) is 0 Å². The van der Waals surface area contributed by atoms with Gasteiger partial charge in [0.05, 0.1) is 32.0 Å². The van der Waals surface area contributed by atoms with Crippen molar-refractivity contribution < 1.29 is 9.47 Å². The smallest absolute Gasteiger partial charge is 0.119 e. The predicted molar refractivity (Wildman–Crippen MR) is 55.0 cm³/mol. The van der Waals surface area contributed by atoms with Crippen molar-refractivity contribution in [1.82, 2.24) is 5.32 Å². The summed E-state index contributed by atoms with van der Waals surface area (Å²) >= 11 is 0. The van der Waals surface area contributed by atoms with Crippen molar-refractivity contribution in [2.24, 2.45) is 0 Å². The molecule has 1 atom stereocenters. The van der Waals surface area contributed by atoms with E-state index in [0.29, 0.717) is 19.8 Å². The second kappa shape index (κ2) is 8.95. The molecule has 0 aliphatic heterocycles. The van der Waals surface area contributed by atoms with E-state index in [2.05, 4.69) is 11.4 Å². The molecule has 0 aliphatic rings. The lowest BCUT2D eigenvalue weighted by atomic mass is 10.3. The highest BCUT2D eigenvalue weighted by Crippen LogP contribution is 1.89. The SMILES string of the molecule is CCNC(C#N)COCCOC(C)C. The lowest BCUT2D eigenvalue weighted by Crippen LogP contribution is -2.32. The summed E-state index contributed by atoms with van der Waals surface area (Å²) in [4.78, 5) is 0. The zero-order valence-electron chi connectivity index (χ0n) is 9.25. The predicted octanol–water partition coefficient (Wildman–Crippen LogP) is 0.930. The first-order valence-corrected chi connectivity index (χ1v) is 5.03. The van der Waals surface area contributed by atoms with Crippen LogP contribution in [0.4, 0.5) is 0 Å². The minimum absolute atomic E-state index is 0.209. The normalized spacial score (nSPS) is 12.8. The Morgan fingerprint density at radius 1 is 1.36 bits per heavy atom. The number of likely N-dealkylation sites (N-methyl/N-ethyl adjacent to an activating group) is 1. The molecular formula is C10H20N2O2. The molecule has 4 heteroatoms. The zero-order valence-corrected chi connectivity index (χ0v) is 9.25. The summed E-state index contributed by atoms with van der Waals surface area (Å²) < 4.78 is 10.6. The highest BCUT2D eigenvalue weighted by atomic mass is 16.5. The molecule has 0 aliphatic carbocycles. The van der Waals surface area contributed by atoms with Crippen LogP contribution in [0, 0.1) is 11.3 Å². The molecule has 0 aromatic heterocycles. The van der Waals surface area contributed by atoms with Crippen molar-refractivity contribution in [3.63, 3.8) is 0 Å². The minimum atomic E-state index is -0.209. The molecule has 0 amide bonds. The molecule has 0 saturated heterocycles. The largest absolute Gasteiger partial charge is 0.376 e. The molecule has 4 nitrogen and oxygen atoms in total.